The first-order valence-electron chi connectivity index (χ1n) is 6.67. The fraction of sp³-hybridized carbons (Fsp3) is 0.571. The summed E-state index contributed by atoms with van der Waals surface area (Å²) in [6.07, 6.45) is 2.81. The molecule has 1 atom stereocenters. The van der Waals surface area contributed by atoms with E-state index < -0.39 is 10.0 Å². The molecule has 0 saturated carbocycles. The van der Waals surface area contributed by atoms with Crippen LogP contribution in [0.2, 0.25) is 0 Å². The number of nitrogens with zero attached hydrogens (tertiary/aromatic N) is 1. The van der Waals surface area contributed by atoms with Gasteiger partial charge in [0.05, 0.1) is 4.90 Å². The van der Waals surface area contributed by atoms with Crippen LogP contribution in [0.5, 0.6) is 0 Å². The van der Waals surface area contributed by atoms with Crippen LogP contribution in [0.1, 0.15) is 18.9 Å². The van der Waals surface area contributed by atoms with Crippen LogP contribution in [0.25, 0.3) is 0 Å². The second-order valence-electron chi connectivity index (χ2n) is 4.72. The van der Waals surface area contributed by atoms with E-state index in [4.69, 9.17) is 0 Å². The third-order valence-electron chi connectivity index (χ3n) is 3.30. The summed E-state index contributed by atoms with van der Waals surface area (Å²) in [4.78, 5) is 0.368. The summed E-state index contributed by atoms with van der Waals surface area (Å²) < 4.78 is 26.8. The Labute approximate surface area is 127 Å². The van der Waals surface area contributed by atoms with Crippen LogP contribution in [-0.4, -0.2) is 44.9 Å². The van der Waals surface area contributed by atoms with E-state index in [2.05, 4.69) is 5.32 Å². The largest absolute Gasteiger partial charge is 0.316 e. The van der Waals surface area contributed by atoms with Crippen molar-refractivity contribution in [3.8, 4) is 0 Å². The minimum Gasteiger partial charge on any atom is -0.316 e. The van der Waals surface area contributed by atoms with Crippen molar-refractivity contribution in [2.45, 2.75) is 30.8 Å². The van der Waals surface area contributed by atoms with Gasteiger partial charge < -0.3 is 5.32 Å². The predicted octanol–water partition coefficient (Wildman–Crippen LogP) is 2.17. The monoisotopic (exact) mass is 316 g/mol. The summed E-state index contributed by atoms with van der Waals surface area (Å²) in [6, 6.07) is 7.16. The van der Waals surface area contributed by atoms with Crippen molar-refractivity contribution in [2.75, 3.05) is 26.1 Å². The highest BCUT2D eigenvalue weighted by Gasteiger charge is 2.26. The molecule has 1 rings (SSSR count). The van der Waals surface area contributed by atoms with Crippen molar-refractivity contribution in [1.82, 2.24) is 9.62 Å². The van der Waals surface area contributed by atoms with Gasteiger partial charge in [-0.05, 0) is 37.4 Å². The lowest BCUT2D eigenvalue weighted by atomic mass is 10.2. The Morgan fingerprint density at radius 2 is 2.10 bits per heavy atom. The number of benzene rings is 1. The third-order valence-corrected chi connectivity index (χ3v) is 5.93. The molecule has 6 heteroatoms. The van der Waals surface area contributed by atoms with Gasteiger partial charge in [0.2, 0.25) is 10.0 Å². The standard InChI is InChI=1S/C14H24N2O2S2/c1-5-13(11-19-4)16(3)20(17,18)14-8-6-7-12(9-14)10-15-2/h6-9,13,15H,5,10-11H2,1-4H3. The Morgan fingerprint density at radius 1 is 1.40 bits per heavy atom. The van der Waals surface area contributed by atoms with E-state index in [0.29, 0.717) is 11.4 Å². The highest BCUT2D eigenvalue weighted by molar-refractivity contribution is 7.98. The van der Waals surface area contributed by atoms with Gasteiger partial charge in [-0.15, -0.1) is 0 Å². The Hall–Kier alpha value is -0.560. The second kappa shape index (κ2) is 8.02. The predicted molar refractivity (Wildman–Crippen MR) is 86.6 cm³/mol. The molecule has 1 unspecified atom stereocenters. The number of hydrogen-bond donors (Lipinski definition) is 1. The number of nitrogens with one attached hydrogen (secondary N) is 1. The van der Waals surface area contributed by atoms with Crippen molar-refractivity contribution in [3.63, 3.8) is 0 Å². The lowest BCUT2D eigenvalue weighted by Gasteiger charge is -2.26. The molecule has 0 aliphatic rings. The Kier molecular flexibility index (Phi) is 7.02. The molecule has 0 radical (unpaired) electrons. The van der Waals surface area contributed by atoms with Crippen LogP contribution in [-0.2, 0) is 16.6 Å². The summed E-state index contributed by atoms with van der Waals surface area (Å²) in [5.41, 5.74) is 0.972. The Morgan fingerprint density at radius 3 is 2.65 bits per heavy atom. The van der Waals surface area contributed by atoms with Gasteiger partial charge in [-0.25, -0.2) is 8.42 Å². The van der Waals surface area contributed by atoms with Gasteiger partial charge in [0.15, 0.2) is 0 Å². The molecule has 0 spiro atoms. The lowest BCUT2D eigenvalue weighted by Crippen LogP contribution is -2.38. The molecule has 0 bridgehead atoms. The molecule has 1 aromatic carbocycles. The zero-order valence-corrected chi connectivity index (χ0v) is 14.2. The molecule has 0 heterocycles. The summed E-state index contributed by atoms with van der Waals surface area (Å²) >= 11 is 1.67. The quantitative estimate of drug-likeness (QED) is 0.798. The normalized spacial score (nSPS) is 13.7. The topological polar surface area (TPSA) is 49.4 Å². The van der Waals surface area contributed by atoms with Crippen molar-refractivity contribution < 1.29 is 8.42 Å². The first-order valence-corrected chi connectivity index (χ1v) is 9.51. The van der Waals surface area contributed by atoms with Crippen LogP contribution in [0, 0.1) is 0 Å². The van der Waals surface area contributed by atoms with E-state index in [-0.39, 0.29) is 6.04 Å². The number of thioether (sulfide) groups is 1. The minimum atomic E-state index is -3.42. The molecule has 114 valence electrons. The fourth-order valence-electron chi connectivity index (χ4n) is 2.05. The Bertz CT molecular complexity index is 518. The molecule has 0 amide bonds. The summed E-state index contributed by atoms with van der Waals surface area (Å²) in [6.45, 7) is 2.68. The van der Waals surface area contributed by atoms with Gasteiger partial charge in [-0.2, -0.15) is 16.1 Å². The van der Waals surface area contributed by atoms with E-state index in [0.717, 1.165) is 17.7 Å². The molecule has 0 aliphatic heterocycles. The van der Waals surface area contributed by atoms with E-state index in [1.54, 1.807) is 37.0 Å². The van der Waals surface area contributed by atoms with Crippen molar-refractivity contribution in [2.24, 2.45) is 0 Å². The zero-order chi connectivity index (χ0) is 15.2. The van der Waals surface area contributed by atoms with E-state index in [9.17, 15) is 8.42 Å². The van der Waals surface area contributed by atoms with Gasteiger partial charge in [0, 0.05) is 25.4 Å². The molecule has 0 fully saturated rings. The molecule has 0 saturated heterocycles. The van der Waals surface area contributed by atoms with E-state index >= 15 is 0 Å². The third kappa shape index (κ3) is 4.22. The molecule has 20 heavy (non-hydrogen) atoms. The molecular formula is C14H24N2O2S2. The van der Waals surface area contributed by atoms with Crippen LogP contribution < -0.4 is 5.32 Å². The Balaban J connectivity index is 3.05. The van der Waals surface area contributed by atoms with E-state index in [1.807, 2.05) is 26.3 Å². The first-order chi connectivity index (χ1) is 9.47. The SMILES string of the molecule is CCC(CSC)N(C)S(=O)(=O)c1cccc(CNC)c1. The molecule has 0 aromatic heterocycles. The average Bonchev–Trinajstić information content (AvgIpc) is 2.44. The van der Waals surface area contributed by atoms with Crippen molar-refractivity contribution in [3.05, 3.63) is 29.8 Å². The average molecular weight is 316 g/mol. The molecule has 1 aromatic rings. The number of rotatable bonds is 8. The summed E-state index contributed by atoms with van der Waals surface area (Å²) in [7, 11) is 0.0961. The zero-order valence-electron chi connectivity index (χ0n) is 12.6. The second-order valence-corrected chi connectivity index (χ2v) is 7.62. The van der Waals surface area contributed by atoms with Gasteiger partial charge in [-0.1, -0.05) is 19.1 Å². The molecule has 1 N–H and O–H groups in total. The van der Waals surface area contributed by atoms with Gasteiger partial charge >= 0.3 is 0 Å². The van der Waals surface area contributed by atoms with Crippen LogP contribution in [0.15, 0.2) is 29.2 Å². The maximum Gasteiger partial charge on any atom is 0.243 e. The summed E-state index contributed by atoms with van der Waals surface area (Å²) in [5, 5.41) is 3.03. The fourth-order valence-corrected chi connectivity index (χ4v) is 4.49. The van der Waals surface area contributed by atoms with Gasteiger partial charge in [-0.3, -0.25) is 0 Å². The molecule has 4 nitrogen and oxygen atoms in total. The van der Waals surface area contributed by atoms with Crippen molar-refractivity contribution >= 4 is 21.8 Å². The lowest BCUT2D eigenvalue weighted by molar-refractivity contribution is 0.385. The smallest absolute Gasteiger partial charge is 0.243 e. The van der Waals surface area contributed by atoms with Crippen LogP contribution in [0.4, 0.5) is 0 Å². The van der Waals surface area contributed by atoms with Crippen LogP contribution in [0.3, 0.4) is 0 Å². The molecular weight excluding hydrogens is 292 g/mol. The number of hydrogen-bond acceptors (Lipinski definition) is 4. The first kappa shape index (κ1) is 17.5. The van der Waals surface area contributed by atoms with E-state index in [1.165, 1.54) is 4.31 Å². The highest BCUT2D eigenvalue weighted by atomic mass is 32.2. The maximum atomic E-state index is 12.7. The molecule has 0 aliphatic carbocycles. The highest BCUT2D eigenvalue weighted by Crippen LogP contribution is 2.20. The van der Waals surface area contributed by atoms with Gasteiger partial charge in [0.1, 0.15) is 0 Å². The van der Waals surface area contributed by atoms with Crippen LogP contribution >= 0.6 is 11.8 Å². The maximum absolute atomic E-state index is 12.7. The van der Waals surface area contributed by atoms with Gasteiger partial charge in [0.25, 0.3) is 0 Å². The van der Waals surface area contributed by atoms with Crippen molar-refractivity contribution in [1.29, 1.82) is 0 Å². The minimum absolute atomic E-state index is 0.0305. The summed E-state index contributed by atoms with van der Waals surface area (Å²) in [5.74, 6) is 0.808. The number of sulfonamides is 1.